The number of anilines is 1. The van der Waals surface area contributed by atoms with Gasteiger partial charge in [0, 0.05) is 62.0 Å². The summed E-state index contributed by atoms with van der Waals surface area (Å²) in [5.41, 5.74) is 9.84. The fourth-order valence-electron chi connectivity index (χ4n) is 7.01. The summed E-state index contributed by atoms with van der Waals surface area (Å²) in [5.74, 6) is -0.238. The first kappa shape index (κ1) is 31.4. The van der Waals surface area contributed by atoms with Crippen LogP contribution in [0.2, 0.25) is 0 Å². The molecule has 9 nitrogen and oxygen atoms in total. The lowest BCUT2D eigenvalue weighted by atomic mass is 9.80. The fourth-order valence-corrected chi connectivity index (χ4v) is 7.01. The number of amides is 2. The van der Waals surface area contributed by atoms with E-state index >= 15 is 0 Å². The minimum atomic E-state index is -0.920. The first-order chi connectivity index (χ1) is 20.6. The summed E-state index contributed by atoms with van der Waals surface area (Å²) < 4.78 is 19.1. The molecule has 234 valence electrons. The quantitative estimate of drug-likeness (QED) is 0.457. The molecule has 0 saturated carbocycles. The molecule has 3 heterocycles. The molecule has 3 aliphatic heterocycles. The van der Waals surface area contributed by atoms with Gasteiger partial charge in [0.2, 0.25) is 5.91 Å². The SMILES string of the molecule is C[C@@H]1COCCN1C[C@H]1CN(C(=O)O)[C@H](C)CN1CC(=O)N1CC(C)(CCCN)c2ccc(Cc3ccc(F)cc3)cc21. The van der Waals surface area contributed by atoms with E-state index in [1.54, 1.807) is 12.1 Å². The van der Waals surface area contributed by atoms with Crippen molar-refractivity contribution in [1.29, 1.82) is 0 Å². The van der Waals surface area contributed by atoms with E-state index in [2.05, 4.69) is 41.8 Å². The highest BCUT2D eigenvalue weighted by Gasteiger charge is 2.43. The summed E-state index contributed by atoms with van der Waals surface area (Å²) in [6.07, 6.45) is 1.47. The van der Waals surface area contributed by atoms with E-state index < -0.39 is 6.09 Å². The van der Waals surface area contributed by atoms with Crippen molar-refractivity contribution >= 4 is 17.7 Å². The third-order valence-corrected chi connectivity index (χ3v) is 9.55. The minimum absolute atomic E-state index is 0.0210. The number of fused-ring (bicyclic) bond motifs is 1. The topological polar surface area (TPSA) is 103 Å². The maximum atomic E-state index is 14.2. The Labute approximate surface area is 254 Å². The minimum Gasteiger partial charge on any atom is -0.465 e. The number of piperazine rings is 1. The first-order valence-corrected chi connectivity index (χ1v) is 15.5. The maximum absolute atomic E-state index is 14.2. The van der Waals surface area contributed by atoms with Gasteiger partial charge in [0.05, 0.1) is 19.8 Å². The molecular formula is C33H46FN5O4. The Morgan fingerprint density at radius 1 is 1.07 bits per heavy atom. The summed E-state index contributed by atoms with van der Waals surface area (Å²) in [5, 5.41) is 9.88. The number of carbonyl (C=O) groups is 2. The van der Waals surface area contributed by atoms with Crippen LogP contribution in [-0.2, 0) is 21.4 Å². The first-order valence-electron chi connectivity index (χ1n) is 15.5. The number of morpholine rings is 1. The van der Waals surface area contributed by atoms with Crippen molar-refractivity contribution in [3.05, 3.63) is 65.0 Å². The molecule has 0 bridgehead atoms. The Kier molecular flexibility index (Phi) is 9.70. The van der Waals surface area contributed by atoms with E-state index in [1.165, 1.54) is 17.0 Å². The second kappa shape index (κ2) is 13.3. The molecule has 2 aromatic rings. The number of carbonyl (C=O) groups excluding carboxylic acids is 1. The van der Waals surface area contributed by atoms with Gasteiger partial charge in [0.15, 0.2) is 0 Å². The lowest BCUT2D eigenvalue weighted by molar-refractivity contribution is -0.121. The number of hydrogen-bond donors (Lipinski definition) is 2. The zero-order valence-electron chi connectivity index (χ0n) is 25.7. The highest BCUT2D eigenvalue weighted by atomic mass is 19.1. The molecule has 2 amide bonds. The van der Waals surface area contributed by atoms with Gasteiger partial charge in [0.25, 0.3) is 0 Å². The van der Waals surface area contributed by atoms with Crippen molar-refractivity contribution in [3.63, 3.8) is 0 Å². The van der Waals surface area contributed by atoms with Gasteiger partial charge in [0.1, 0.15) is 5.82 Å². The third-order valence-electron chi connectivity index (χ3n) is 9.55. The Bertz CT molecular complexity index is 1290. The molecule has 1 unspecified atom stereocenters. The van der Waals surface area contributed by atoms with Gasteiger partial charge in [-0.1, -0.05) is 31.2 Å². The zero-order valence-corrected chi connectivity index (χ0v) is 25.7. The van der Waals surface area contributed by atoms with Crippen LogP contribution in [0.15, 0.2) is 42.5 Å². The van der Waals surface area contributed by atoms with Crippen molar-refractivity contribution < 1.29 is 23.8 Å². The van der Waals surface area contributed by atoms with E-state index in [1.807, 2.05) is 11.8 Å². The van der Waals surface area contributed by atoms with Gasteiger partial charge in [-0.15, -0.1) is 0 Å². The van der Waals surface area contributed by atoms with E-state index in [0.29, 0.717) is 52.4 Å². The van der Waals surface area contributed by atoms with Crippen LogP contribution in [-0.4, -0.2) is 109 Å². The molecule has 0 radical (unpaired) electrons. The van der Waals surface area contributed by atoms with E-state index in [9.17, 15) is 19.1 Å². The number of rotatable bonds is 9. The molecule has 0 aliphatic carbocycles. The van der Waals surface area contributed by atoms with Crippen LogP contribution in [0, 0.1) is 5.82 Å². The summed E-state index contributed by atoms with van der Waals surface area (Å²) >= 11 is 0. The Balaban J connectivity index is 1.39. The predicted octanol–water partition coefficient (Wildman–Crippen LogP) is 3.53. The molecule has 0 spiro atoms. The van der Waals surface area contributed by atoms with Crippen molar-refractivity contribution in [2.24, 2.45) is 5.73 Å². The van der Waals surface area contributed by atoms with Crippen LogP contribution >= 0.6 is 0 Å². The summed E-state index contributed by atoms with van der Waals surface area (Å²) in [7, 11) is 0. The third kappa shape index (κ3) is 7.03. The second-order valence-corrected chi connectivity index (χ2v) is 12.9. The number of carboxylic acid groups (broad SMARTS) is 1. The maximum Gasteiger partial charge on any atom is 0.407 e. The van der Waals surface area contributed by atoms with Gasteiger partial charge >= 0.3 is 6.09 Å². The highest BCUT2D eigenvalue weighted by Crippen LogP contribution is 2.44. The average Bonchev–Trinajstić information content (AvgIpc) is 3.27. The largest absolute Gasteiger partial charge is 0.465 e. The summed E-state index contributed by atoms with van der Waals surface area (Å²) in [4.78, 5) is 34.2. The van der Waals surface area contributed by atoms with Crippen molar-refractivity contribution in [1.82, 2.24) is 14.7 Å². The van der Waals surface area contributed by atoms with Crippen LogP contribution in [0.1, 0.15) is 50.3 Å². The Morgan fingerprint density at radius 3 is 2.51 bits per heavy atom. The molecular weight excluding hydrogens is 549 g/mol. The van der Waals surface area contributed by atoms with Gasteiger partial charge in [-0.05, 0) is 74.5 Å². The smallest absolute Gasteiger partial charge is 0.407 e. The van der Waals surface area contributed by atoms with Crippen LogP contribution < -0.4 is 10.6 Å². The average molecular weight is 596 g/mol. The molecule has 2 saturated heterocycles. The van der Waals surface area contributed by atoms with Crippen LogP contribution in [0.3, 0.4) is 0 Å². The van der Waals surface area contributed by atoms with Crippen molar-refractivity contribution in [2.75, 3.05) is 63.9 Å². The van der Waals surface area contributed by atoms with E-state index in [4.69, 9.17) is 10.5 Å². The van der Waals surface area contributed by atoms with Crippen LogP contribution in [0.25, 0.3) is 0 Å². The number of ether oxygens (including phenoxy) is 1. The second-order valence-electron chi connectivity index (χ2n) is 12.9. The molecule has 3 N–H and O–H groups in total. The molecule has 4 atom stereocenters. The molecule has 10 heteroatoms. The summed E-state index contributed by atoms with van der Waals surface area (Å²) in [6.45, 7) is 11.3. The molecule has 2 aromatic carbocycles. The molecule has 43 heavy (non-hydrogen) atoms. The number of benzene rings is 2. The highest BCUT2D eigenvalue weighted by molar-refractivity contribution is 5.97. The van der Waals surface area contributed by atoms with Gasteiger partial charge in [-0.3, -0.25) is 14.6 Å². The normalized spacial score (nSPS) is 26.5. The Hall–Kier alpha value is -3.05. The summed E-state index contributed by atoms with van der Waals surface area (Å²) in [6, 6.07) is 12.8. The lowest BCUT2D eigenvalue weighted by Gasteiger charge is -2.47. The van der Waals surface area contributed by atoms with Crippen LogP contribution in [0.5, 0.6) is 0 Å². The van der Waals surface area contributed by atoms with Crippen LogP contribution in [0.4, 0.5) is 14.9 Å². The number of hydrogen-bond acceptors (Lipinski definition) is 6. The number of nitrogens with two attached hydrogens (primary N) is 1. The van der Waals surface area contributed by atoms with E-state index in [-0.39, 0.29) is 41.8 Å². The molecule has 3 aliphatic rings. The van der Waals surface area contributed by atoms with Crippen molar-refractivity contribution in [2.45, 2.75) is 63.6 Å². The number of halogens is 1. The van der Waals surface area contributed by atoms with Gasteiger partial charge in [-0.25, -0.2) is 9.18 Å². The fraction of sp³-hybridized carbons (Fsp3) is 0.576. The van der Waals surface area contributed by atoms with Gasteiger partial charge < -0.3 is 25.4 Å². The monoisotopic (exact) mass is 595 g/mol. The van der Waals surface area contributed by atoms with E-state index in [0.717, 1.165) is 41.8 Å². The predicted molar refractivity (Wildman–Crippen MR) is 165 cm³/mol. The molecule has 2 fully saturated rings. The molecule has 0 aromatic heterocycles. The van der Waals surface area contributed by atoms with Gasteiger partial charge in [-0.2, -0.15) is 0 Å². The zero-order chi connectivity index (χ0) is 30.7. The van der Waals surface area contributed by atoms with Crippen molar-refractivity contribution in [3.8, 4) is 0 Å². The number of nitrogens with zero attached hydrogens (tertiary/aromatic N) is 4. The lowest BCUT2D eigenvalue weighted by Crippen LogP contribution is -2.64. The Morgan fingerprint density at radius 2 is 1.81 bits per heavy atom. The molecule has 5 rings (SSSR count). The standard InChI is InChI=1S/C33H46FN5O4/c1-23-17-37(28(19-38(23)32(41)42)18-36-13-14-43-21-24(36)2)20-31(40)39-22-33(3,11-4-12-35)29-10-7-26(16-30(29)39)15-25-5-8-27(34)9-6-25/h5-10,16,23-24,28H,4,11-15,17-22,35H2,1-3H3,(H,41,42)/t23-,24-,28+,33?/m1/s1.